The van der Waals surface area contributed by atoms with Crippen molar-refractivity contribution in [2.75, 3.05) is 63.2 Å². The van der Waals surface area contributed by atoms with E-state index in [-0.39, 0.29) is 30.3 Å². The van der Waals surface area contributed by atoms with Gasteiger partial charge in [-0.2, -0.15) is 4.31 Å². The second-order valence-electron chi connectivity index (χ2n) is 7.55. The predicted molar refractivity (Wildman–Crippen MR) is 124 cm³/mol. The zero-order chi connectivity index (χ0) is 24.0. The minimum Gasteiger partial charge on any atom is -0.459 e. The lowest BCUT2D eigenvalue weighted by molar-refractivity contribution is -0.116. The van der Waals surface area contributed by atoms with E-state index in [4.69, 9.17) is 9.15 Å². The van der Waals surface area contributed by atoms with Gasteiger partial charge in [0.05, 0.1) is 42.3 Å². The highest BCUT2D eigenvalue weighted by molar-refractivity contribution is 7.89. The van der Waals surface area contributed by atoms with Crippen LogP contribution in [-0.2, 0) is 19.6 Å². The highest BCUT2D eigenvalue weighted by Gasteiger charge is 2.28. The Bertz CT molecular complexity index is 1060. The summed E-state index contributed by atoms with van der Waals surface area (Å²) in [6.45, 7) is 6.32. The van der Waals surface area contributed by atoms with E-state index in [2.05, 4.69) is 5.32 Å². The number of rotatable bonds is 9. The van der Waals surface area contributed by atoms with Crippen molar-refractivity contribution in [2.45, 2.75) is 18.7 Å². The monoisotopic (exact) mass is 478 g/mol. The lowest BCUT2D eigenvalue weighted by atomic mass is 10.2. The predicted octanol–water partition coefficient (Wildman–Crippen LogP) is 1.86. The molecular weight excluding hydrogens is 448 g/mol. The molecule has 1 aliphatic rings. The third-order valence-corrected chi connectivity index (χ3v) is 7.31. The molecule has 1 aromatic heterocycles. The number of morpholine rings is 1. The summed E-state index contributed by atoms with van der Waals surface area (Å²) in [6, 6.07) is 7.85. The largest absolute Gasteiger partial charge is 0.459 e. The molecule has 33 heavy (non-hydrogen) atoms. The van der Waals surface area contributed by atoms with E-state index in [1.165, 1.54) is 34.6 Å². The minimum atomic E-state index is -3.74. The van der Waals surface area contributed by atoms with Gasteiger partial charge in [-0.1, -0.05) is 0 Å². The lowest BCUT2D eigenvalue weighted by Crippen LogP contribution is -2.40. The van der Waals surface area contributed by atoms with Crippen LogP contribution in [0.2, 0.25) is 0 Å². The normalized spacial score (nSPS) is 14.6. The van der Waals surface area contributed by atoms with E-state index in [0.717, 1.165) is 0 Å². The number of nitrogens with one attached hydrogen (secondary N) is 1. The van der Waals surface area contributed by atoms with E-state index in [1.807, 2.05) is 18.7 Å². The molecule has 2 amide bonds. The van der Waals surface area contributed by atoms with Crippen molar-refractivity contribution in [2.24, 2.45) is 0 Å². The maximum atomic E-state index is 13.1. The zero-order valence-corrected chi connectivity index (χ0v) is 19.9. The molecule has 1 aromatic carbocycles. The molecule has 0 atom stereocenters. The highest BCUT2D eigenvalue weighted by Crippen LogP contribution is 2.30. The molecule has 2 aromatic rings. The van der Waals surface area contributed by atoms with Crippen LogP contribution in [0, 0.1) is 0 Å². The van der Waals surface area contributed by atoms with Gasteiger partial charge in [0.25, 0.3) is 5.91 Å². The Morgan fingerprint density at radius 3 is 2.42 bits per heavy atom. The van der Waals surface area contributed by atoms with Crippen LogP contribution < -0.4 is 10.2 Å². The number of likely N-dealkylation sites (N-methyl/N-ethyl adjacent to an activating group) is 1. The molecule has 1 fully saturated rings. The Morgan fingerprint density at radius 1 is 1.12 bits per heavy atom. The number of carbonyl (C=O) groups is 2. The van der Waals surface area contributed by atoms with Gasteiger partial charge in [-0.3, -0.25) is 9.59 Å². The number of nitrogens with zero attached hydrogens (tertiary/aromatic N) is 3. The van der Waals surface area contributed by atoms with Crippen molar-refractivity contribution in [1.82, 2.24) is 9.21 Å². The molecule has 11 heteroatoms. The molecule has 3 rings (SSSR count). The summed E-state index contributed by atoms with van der Waals surface area (Å²) in [5.41, 5.74) is 1.08. The second-order valence-corrected chi connectivity index (χ2v) is 9.49. The van der Waals surface area contributed by atoms with Gasteiger partial charge in [0, 0.05) is 33.2 Å². The van der Waals surface area contributed by atoms with Crippen molar-refractivity contribution < 1.29 is 27.2 Å². The van der Waals surface area contributed by atoms with E-state index in [0.29, 0.717) is 37.7 Å². The molecule has 180 valence electrons. The number of hydrogen-bond donors (Lipinski definition) is 1. The molecule has 1 N–H and O–H groups in total. The van der Waals surface area contributed by atoms with Crippen LogP contribution >= 0.6 is 0 Å². The van der Waals surface area contributed by atoms with Gasteiger partial charge in [0.1, 0.15) is 0 Å². The fourth-order valence-corrected chi connectivity index (χ4v) is 5.05. The van der Waals surface area contributed by atoms with Crippen LogP contribution in [0.5, 0.6) is 0 Å². The molecule has 0 saturated carbocycles. The van der Waals surface area contributed by atoms with E-state index >= 15 is 0 Å². The van der Waals surface area contributed by atoms with Crippen molar-refractivity contribution in [3.05, 3.63) is 42.4 Å². The molecule has 0 radical (unpaired) electrons. The van der Waals surface area contributed by atoms with Crippen LogP contribution in [0.3, 0.4) is 0 Å². The summed E-state index contributed by atoms with van der Waals surface area (Å²) in [7, 11) is -2.24. The third-order valence-electron chi connectivity index (χ3n) is 5.41. The Kier molecular flexibility index (Phi) is 8.11. The van der Waals surface area contributed by atoms with Crippen molar-refractivity contribution in [3.8, 4) is 0 Å². The number of anilines is 2. The topological polar surface area (TPSA) is 112 Å². The Hall–Kier alpha value is -2.89. The Labute approximate surface area is 194 Å². The first-order chi connectivity index (χ1) is 15.8. The van der Waals surface area contributed by atoms with Crippen molar-refractivity contribution in [1.29, 1.82) is 0 Å². The SMILES string of the molecule is CCN(CC)c1ccc(S(=O)(=O)N2CCOCC2)cc1NC(=O)CN(C)C(=O)c1ccco1. The number of sulfonamides is 1. The van der Waals surface area contributed by atoms with Gasteiger partial charge < -0.3 is 24.3 Å². The maximum absolute atomic E-state index is 13.1. The average Bonchev–Trinajstić information content (AvgIpc) is 3.35. The number of ether oxygens (including phenoxy) is 1. The summed E-state index contributed by atoms with van der Waals surface area (Å²) in [5.74, 6) is -0.748. The first-order valence-corrected chi connectivity index (χ1v) is 12.3. The zero-order valence-electron chi connectivity index (χ0n) is 19.1. The fourth-order valence-electron chi connectivity index (χ4n) is 3.62. The molecule has 0 spiro atoms. The smallest absolute Gasteiger partial charge is 0.289 e. The van der Waals surface area contributed by atoms with E-state index in [9.17, 15) is 18.0 Å². The molecular formula is C22H30N4O6S. The van der Waals surface area contributed by atoms with Crippen molar-refractivity contribution in [3.63, 3.8) is 0 Å². The fraction of sp³-hybridized carbons (Fsp3) is 0.455. The number of benzene rings is 1. The number of carbonyl (C=O) groups excluding carboxylic acids is 2. The molecule has 0 bridgehead atoms. The molecule has 2 heterocycles. The molecule has 1 aliphatic heterocycles. The number of amides is 2. The summed E-state index contributed by atoms with van der Waals surface area (Å²) in [5, 5.41) is 2.79. The van der Waals surface area contributed by atoms with Crippen LogP contribution in [0.15, 0.2) is 45.9 Å². The summed E-state index contributed by atoms with van der Waals surface area (Å²) in [4.78, 5) is 28.5. The Balaban J connectivity index is 1.85. The average molecular weight is 479 g/mol. The third kappa shape index (κ3) is 5.73. The summed E-state index contributed by atoms with van der Waals surface area (Å²) >= 11 is 0. The minimum absolute atomic E-state index is 0.0932. The molecule has 1 saturated heterocycles. The molecule has 10 nitrogen and oxygen atoms in total. The van der Waals surface area contributed by atoms with Gasteiger partial charge in [-0.15, -0.1) is 0 Å². The molecule has 0 unspecified atom stereocenters. The van der Waals surface area contributed by atoms with Crippen LogP contribution in [-0.4, -0.2) is 82.4 Å². The standard InChI is InChI=1S/C22H30N4O6S/c1-4-25(5-2)19-9-8-17(33(29,30)26-10-13-31-14-11-26)15-18(19)23-21(27)16-24(3)22(28)20-7-6-12-32-20/h6-9,12,15H,4-5,10-11,13-14,16H2,1-3H3,(H,23,27). The van der Waals surface area contributed by atoms with Gasteiger partial charge >= 0.3 is 0 Å². The maximum Gasteiger partial charge on any atom is 0.289 e. The van der Waals surface area contributed by atoms with E-state index < -0.39 is 21.8 Å². The molecule has 0 aliphatic carbocycles. The number of furan rings is 1. The lowest BCUT2D eigenvalue weighted by Gasteiger charge is -2.28. The van der Waals surface area contributed by atoms with Crippen molar-refractivity contribution >= 4 is 33.2 Å². The summed E-state index contributed by atoms with van der Waals surface area (Å²) < 4.78 is 38.0. The van der Waals surface area contributed by atoms with E-state index in [1.54, 1.807) is 18.2 Å². The highest BCUT2D eigenvalue weighted by atomic mass is 32.2. The number of hydrogen-bond acceptors (Lipinski definition) is 7. The van der Waals surface area contributed by atoms with Crippen LogP contribution in [0.4, 0.5) is 11.4 Å². The van der Waals surface area contributed by atoms with Gasteiger partial charge in [-0.25, -0.2) is 8.42 Å². The first-order valence-electron chi connectivity index (χ1n) is 10.8. The Morgan fingerprint density at radius 2 is 1.82 bits per heavy atom. The van der Waals surface area contributed by atoms with Gasteiger partial charge in [-0.05, 0) is 44.2 Å². The quantitative estimate of drug-likeness (QED) is 0.585. The van der Waals surface area contributed by atoms with Gasteiger partial charge in [0.15, 0.2) is 5.76 Å². The van der Waals surface area contributed by atoms with Crippen LogP contribution in [0.25, 0.3) is 0 Å². The first kappa shape index (κ1) is 24.7. The van der Waals surface area contributed by atoms with Crippen LogP contribution in [0.1, 0.15) is 24.4 Å². The second kappa shape index (κ2) is 10.8. The summed E-state index contributed by atoms with van der Waals surface area (Å²) in [6.07, 6.45) is 1.39. The van der Waals surface area contributed by atoms with Gasteiger partial charge in [0.2, 0.25) is 15.9 Å².